The van der Waals surface area contributed by atoms with E-state index in [9.17, 15) is 4.79 Å². The largest absolute Gasteiger partial charge is 0.354 e. The monoisotopic (exact) mass is 354 g/mol. The molecule has 0 aliphatic carbocycles. The maximum Gasteiger partial charge on any atom is 0.261 e. The molecule has 1 atom stereocenters. The standard InChI is InChI=1S/C19H22N4OS/c1-20-19(24)18-17(15-5-3-4-6-16(15)25-18)13-8-10-23(11-13)12-14-7-9-21-22(14)2/h3-7,9,13H,8,10-12H2,1-2H3,(H,20,24)/t13-/m0/s1. The van der Waals surface area contributed by atoms with Gasteiger partial charge in [0.2, 0.25) is 0 Å². The van der Waals surface area contributed by atoms with Crippen LogP contribution in [-0.2, 0) is 13.6 Å². The van der Waals surface area contributed by atoms with Gasteiger partial charge in [0, 0.05) is 44.0 Å². The van der Waals surface area contributed by atoms with Crippen LogP contribution >= 0.6 is 11.3 Å². The fourth-order valence-electron chi connectivity index (χ4n) is 3.75. The number of fused-ring (bicyclic) bond motifs is 1. The van der Waals surface area contributed by atoms with Gasteiger partial charge in [0.15, 0.2) is 0 Å². The van der Waals surface area contributed by atoms with Crippen LogP contribution in [0.3, 0.4) is 0 Å². The van der Waals surface area contributed by atoms with Crippen LogP contribution in [0.2, 0.25) is 0 Å². The topological polar surface area (TPSA) is 50.2 Å². The normalized spacial score (nSPS) is 18.1. The SMILES string of the molecule is CNC(=O)c1sc2ccccc2c1[C@H]1CCN(Cc2ccnn2C)C1. The van der Waals surface area contributed by atoms with Crippen LogP contribution in [0, 0.1) is 0 Å². The zero-order valence-electron chi connectivity index (χ0n) is 14.5. The predicted octanol–water partition coefficient (Wildman–Crippen LogP) is 2.98. The molecule has 1 saturated heterocycles. The summed E-state index contributed by atoms with van der Waals surface area (Å²) in [7, 11) is 3.69. The van der Waals surface area contributed by atoms with Crippen molar-refractivity contribution >= 4 is 27.3 Å². The van der Waals surface area contributed by atoms with Gasteiger partial charge in [-0.05, 0) is 36.0 Å². The zero-order chi connectivity index (χ0) is 17.4. The molecule has 0 bridgehead atoms. The highest BCUT2D eigenvalue weighted by molar-refractivity contribution is 7.21. The molecule has 25 heavy (non-hydrogen) atoms. The highest BCUT2D eigenvalue weighted by atomic mass is 32.1. The van der Waals surface area contributed by atoms with Gasteiger partial charge in [-0.25, -0.2) is 0 Å². The smallest absolute Gasteiger partial charge is 0.261 e. The molecule has 1 aliphatic heterocycles. The van der Waals surface area contributed by atoms with E-state index in [1.807, 2.05) is 24.0 Å². The van der Waals surface area contributed by atoms with E-state index in [-0.39, 0.29) is 5.91 Å². The van der Waals surface area contributed by atoms with Gasteiger partial charge >= 0.3 is 0 Å². The Kier molecular flexibility index (Phi) is 4.31. The first-order valence-corrected chi connectivity index (χ1v) is 9.41. The molecular formula is C19H22N4OS. The second-order valence-corrected chi connectivity index (χ2v) is 7.64. The highest BCUT2D eigenvalue weighted by Crippen LogP contribution is 2.40. The summed E-state index contributed by atoms with van der Waals surface area (Å²) >= 11 is 1.61. The lowest BCUT2D eigenvalue weighted by atomic mass is 9.95. The maximum absolute atomic E-state index is 12.4. The third kappa shape index (κ3) is 2.96. The van der Waals surface area contributed by atoms with Gasteiger partial charge in [-0.1, -0.05) is 18.2 Å². The van der Waals surface area contributed by atoms with Gasteiger partial charge in [-0.3, -0.25) is 14.4 Å². The van der Waals surface area contributed by atoms with Crippen LogP contribution in [0.25, 0.3) is 10.1 Å². The number of nitrogens with zero attached hydrogens (tertiary/aromatic N) is 3. The molecule has 0 spiro atoms. The van der Waals surface area contributed by atoms with Crippen molar-refractivity contribution in [2.45, 2.75) is 18.9 Å². The number of rotatable bonds is 4. The van der Waals surface area contributed by atoms with Gasteiger partial charge < -0.3 is 5.32 Å². The first kappa shape index (κ1) is 16.3. The number of aryl methyl sites for hydroxylation is 1. The van der Waals surface area contributed by atoms with Crippen molar-refractivity contribution in [1.82, 2.24) is 20.0 Å². The minimum absolute atomic E-state index is 0.0290. The summed E-state index contributed by atoms with van der Waals surface area (Å²) in [6, 6.07) is 10.4. The Balaban J connectivity index is 1.63. The molecule has 0 radical (unpaired) electrons. The summed E-state index contributed by atoms with van der Waals surface area (Å²) in [6.07, 6.45) is 2.93. The number of amides is 1. The fraction of sp³-hybridized carbons (Fsp3) is 0.368. The fourth-order valence-corrected chi connectivity index (χ4v) is 4.99. The summed E-state index contributed by atoms with van der Waals surface area (Å²) in [4.78, 5) is 15.7. The molecule has 2 aromatic heterocycles. The van der Waals surface area contributed by atoms with Crippen LogP contribution in [0.4, 0.5) is 0 Å². The quantitative estimate of drug-likeness (QED) is 0.784. The molecule has 0 unspecified atom stereocenters. The zero-order valence-corrected chi connectivity index (χ0v) is 15.3. The number of thiophene rings is 1. The minimum Gasteiger partial charge on any atom is -0.354 e. The van der Waals surface area contributed by atoms with E-state index in [0.717, 1.165) is 30.9 Å². The Hall–Kier alpha value is -2.18. The number of benzene rings is 1. The van der Waals surface area contributed by atoms with E-state index in [2.05, 4.69) is 39.6 Å². The molecule has 4 rings (SSSR count). The lowest BCUT2D eigenvalue weighted by Gasteiger charge is -2.16. The second kappa shape index (κ2) is 6.61. The average Bonchev–Trinajstić information content (AvgIpc) is 3.33. The molecule has 0 saturated carbocycles. The Labute approximate surface area is 151 Å². The summed E-state index contributed by atoms with van der Waals surface area (Å²) in [6.45, 7) is 2.94. The third-order valence-corrected chi connectivity index (χ3v) is 6.24. The number of nitrogens with one attached hydrogen (secondary N) is 1. The number of aromatic nitrogens is 2. The van der Waals surface area contributed by atoms with Crippen LogP contribution in [0.1, 0.15) is 33.3 Å². The van der Waals surface area contributed by atoms with E-state index >= 15 is 0 Å². The number of carbonyl (C=O) groups is 1. The van der Waals surface area contributed by atoms with Crippen LogP contribution in [0.5, 0.6) is 0 Å². The summed E-state index contributed by atoms with van der Waals surface area (Å²) in [5, 5.41) is 8.30. The first-order chi connectivity index (χ1) is 12.2. The van der Waals surface area contributed by atoms with Crippen LogP contribution in [-0.4, -0.2) is 40.7 Å². The molecule has 3 heterocycles. The van der Waals surface area contributed by atoms with Crippen molar-refractivity contribution < 1.29 is 4.79 Å². The Morgan fingerprint density at radius 3 is 2.96 bits per heavy atom. The van der Waals surface area contributed by atoms with Gasteiger partial charge in [-0.15, -0.1) is 11.3 Å². The minimum atomic E-state index is 0.0290. The molecule has 1 aliphatic rings. The number of hydrogen-bond acceptors (Lipinski definition) is 4. The Bertz CT molecular complexity index is 913. The van der Waals surface area contributed by atoms with Crippen molar-refractivity contribution in [2.75, 3.05) is 20.1 Å². The summed E-state index contributed by atoms with van der Waals surface area (Å²) < 4.78 is 3.13. The third-order valence-electron chi connectivity index (χ3n) is 5.06. The van der Waals surface area contributed by atoms with E-state index in [0.29, 0.717) is 5.92 Å². The maximum atomic E-state index is 12.4. The Morgan fingerprint density at radius 1 is 1.36 bits per heavy atom. The summed E-state index contributed by atoms with van der Waals surface area (Å²) in [5.74, 6) is 0.429. The molecule has 6 heteroatoms. The lowest BCUT2D eigenvalue weighted by molar-refractivity contribution is 0.0966. The van der Waals surface area contributed by atoms with E-state index in [1.165, 1.54) is 21.3 Å². The van der Waals surface area contributed by atoms with Crippen molar-refractivity contribution in [1.29, 1.82) is 0 Å². The molecular weight excluding hydrogens is 332 g/mol. The van der Waals surface area contributed by atoms with Gasteiger partial charge in [0.1, 0.15) is 0 Å². The van der Waals surface area contributed by atoms with Gasteiger partial charge in [0.05, 0.1) is 10.6 Å². The average molecular weight is 354 g/mol. The number of likely N-dealkylation sites (tertiary alicyclic amines) is 1. The molecule has 1 amide bonds. The second-order valence-electron chi connectivity index (χ2n) is 6.59. The van der Waals surface area contributed by atoms with Gasteiger partial charge in [0.25, 0.3) is 5.91 Å². The van der Waals surface area contributed by atoms with Crippen molar-refractivity contribution in [3.8, 4) is 0 Å². The lowest BCUT2D eigenvalue weighted by Crippen LogP contribution is -2.22. The van der Waals surface area contributed by atoms with E-state index in [4.69, 9.17) is 0 Å². The molecule has 1 fully saturated rings. The molecule has 130 valence electrons. The molecule has 1 N–H and O–H groups in total. The molecule has 1 aromatic carbocycles. The van der Waals surface area contributed by atoms with Crippen molar-refractivity contribution in [2.24, 2.45) is 7.05 Å². The molecule has 5 nitrogen and oxygen atoms in total. The van der Waals surface area contributed by atoms with E-state index < -0.39 is 0 Å². The highest BCUT2D eigenvalue weighted by Gasteiger charge is 2.30. The number of hydrogen-bond donors (Lipinski definition) is 1. The first-order valence-electron chi connectivity index (χ1n) is 8.60. The predicted molar refractivity (Wildman–Crippen MR) is 101 cm³/mol. The van der Waals surface area contributed by atoms with Crippen LogP contribution in [0.15, 0.2) is 36.5 Å². The molecule has 3 aromatic rings. The van der Waals surface area contributed by atoms with Gasteiger partial charge in [-0.2, -0.15) is 5.10 Å². The van der Waals surface area contributed by atoms with E-state index in [1.54, 1.807) is 18.4 Å². The van der Waals surface area contributed by atoms with Crippen LogP contribution < -0.4 is 5.32 Å². The van der Waals surface area contributed by atoms with Crippen molar-refractivity contribution in [3.05, 3.63) is 52.7 Å². The Morgan fingerprint density at radius 2 is 2.20 bits per heavy atom. The van der Waals surface area contributed by atoms with Crippen molar-refractivity contribution in [3.63, 3.8) is 0 Å². The number of carbonyl (C=O) groups excluding carboxylic acids is 1. The summed E-state index contributed by atoms with van der Waals surface area (Å²) in [5.41, 5.74) is 2.45.